The van der Waals surface area contributed by atoms with Crippen molar-refractivity contribution in [3.8, 4) is 0 Å². The number of hydrogen-bond donors (Lipinski definition) is 2. The van der Waals surface area contributed by atoms with Crippen molar-refractivity contribution < 1.29 is 13.2 Å². The van der Waals surface area contributed by atoms with Crippen molar-refractivity contribution in [1.29, 1.82) is 0 Å². The van der Waals surface area contributed by atoms with Crippen molar-refractivity contribution in [2.24, 2.45) is 4.40 Å². The van der Waals surface area contributed by atoms with Crippen LogP contribution in [-0.2, 0) is 10.0 Å². The van der Waals surface area contributed by atoms with E-state index in [4.69, 9.17) is 0 Å². The van der Waals surface area contributed by atoms with Crippen LogP contribution in [0.3, 0.4) is 0 Å². The Morgan fingerprint density at radius 3 is 2.67 bits per heavy atom. The molecule has 0 saturated carbocycles. The third-order valence-electron chi connectivity index (χ3n) is 4.01. The molecule has 0 spiro atoms. The van der Waals surface area contributed by atoms with Gasteiger partial charge in [-0.25, -0.2) is 18.4 Å². The zero-order valence-electron chi connectivity index (χ0n) is 14.6. The van der Waals surface area contributed by atoms with E-state index in [-0.39, 0.29) is 11.7 Å². The highest BCUT2D eigenvalue weighted by Crippen LogP contribution is 2.42. The van der Waals surface area contributed by atoms with Gasteiger partial charge in [-0.3, -0.25) is 15.6 Å². The van der Waals surface area contributed by atoms with Gasteiger partial charge in [0.05, 0.1) is 11.4 Å². The Labute approximate surface area is 160 Å². The molecule has 2 aliphatic rings. The lowest BCUT2D eigenvalue weighted by molar-refractivity contribution is 0.0962. The number of hydrazine groups is 1. The van der Waals surface area contributed by atoms with E-state index in [0.717, 1.165) is 22.0 Å². The van der Waals surface area contributed by atoms with Crippen LogP contribution >= 0.6 is 11.8 Å². The number of anilines is 2. The number of sulfonamides is 1. The summed E-state index contributed by atoms with van der Waals surface area (Å²) in [7, 11) is -3.41. The molecule has 0 bridgehead atoms. The number of benzene rings is 1. The zero-order valence-corrected chi connectivity index (χ0v) is 16.2. The average molecular weight is 404 g/mol. The van der Waals surface area contributed by atoms with E-state index >= 15 is 0 Å². The molecule has 1 amide bonds. The summed E-state index contributed by atoms with van der Waals surface area (Å²) in [5.41, 5.74) is 8.16. The quantitative estimate of drug-likeness (QED) is 0.739. The molecule has 0 radical (unpaired) electrons. The number of carbonyl (C=O) groups excluding carboxylic acids is 1. The predicted octanol–water partition coefficient (Wildman–Crippen LogP) is 1.46. The molecular weight excluding hydrogens is 388 g/mol. The summed E-state index contributed by atoms with van der Waals surface area (Å²) in [6.07, 6.45) is 0. The first-order chi connectivity index (χ1) is 12.8. The van der Waals surface area contributed by atoms with Crippen LogP contribution in [0.2, 0.25) is 0 Å². The van der Waals surface area contributed by atoms with E-state index in [1.54, 1.807) is 18.2 Å². The molecule has 3 heterocycles. The molecule has 0 fully saturated rings. The van der Waals surface area contributed by atoms with Crippen LogP contribution in [0.15, 0.2) is 33.6 Å². The monoisotopic (exact) mass is 404 g/mol. The van der Waals surface area contributed by atoms with E-state index in [9.17, 15) is 13.2 Å². The number of amides is 1. The molecule has 0 saturated heterocycles. The Morgan fingerprint density at radius 1 is 1.19 bits per heavy atom. The van der Waals surface area contributed by atoms with Crippen LogP contribution < -0.4 is 15.8 Å². The van der Waals surface area contributed by atoms with Gasteiger partial charge in [-0.15, -0.1) is 4.40 Å². The highest BCUT2D eigenvalue weighted by Gasteiger charge is 2.33. The lowest BCUT2D eigenvalue weighted by Gasteiger charge is -2.22. The molecule has 140 valence electrons. The minimum atomic E-state index is -3.41. The maximum atomic E-state index is 12.4. The van der Waals surface area contributed by atoms with E-state index in [1.165, 1.54) is 11.8 Å². The number of carbonyl (C=O) groups is 1. The smallest absolute Gasteiger partial charge is 0.269 e. The molecule has 0 atom stereocenters. The highest BCUT2D eigenvalue weighted by molar-refractivity contribution is 8.15. The molecule has 2 N–H and O–H groups in total. The fourth-order valence-corrected chi connectivity index (χ4v) is 5.13. The van der Waals surface area contributed by atoms with Gasteiger partial charge in [-0.1, -0.05) is 0 Å². The number of amidine groups is 1. The van der Waals surface area contributed by atoms with Gasteiger partial charge in [0, 0.05) is 28.4 Å². The zero-order chi connectivity index (χ0) is 19.2. The van der Waals surface area contributed by atoms with Gasteiger partial charge in [-0.05, 0) is 49.9 Å². The van der Waals surface area contributed by atoms with Crippen molar-refractivity contribution in [3.05, 3.63) is 41.2 Å². The van der Waals surface area contributed by atoms with E-state index in [0.29, 0.717) is 23.2 Å². The summed E-state index contributed by atoms with van der Waals surface area (Å²) in [5.74, 6) is -0.0490. The number of aryl methyl sites for hydroxylation is 2. The summed E-state index contributed by atoms with van der Waals surface area (Å²) in [6, 6.07) is 7.03. The second-order valence-electron chi connectivity index (χ2n) is 6.15. The first kappa shape index (κ1) is 17.7. The Balaban J connectivity index is 1.51. The topological polar surface area (TPSA) is 117 Å². The van der Waals surface area contributed by atoms with Gasteiger partial charge < -0.3 is 4.90 Å². The molecule has 0 aliphatic carbocycles. The van der Waals surface area contributed by atoms with E-state index in [2.05, 4.69) is 25.2 Å². The lowest BCUT2D eigenvalue weighted by Crippen LogP contribution is -2.35. The SMILES string of the molecule is Cc1cc(C)nc(NNC(=O)c2ccc3c(c2)SC2=NS(=O)(=O)CCN23)n1. The third kappa shape index (κ3) is 3.60. The lowest BCUT2D eigenvalue weighted by atomic mass is 10.2. The van der Waals surface area contributed by atoms with Crippen LogP contribution in [0.4, 0.5) is 11.6 Å². The van der Waals surface area contributed by atoms with Gasteiger partial charge in [-0.2, -0.15) is 0 Å². The number of thioether (sulfide) groups is 1. The highest BCUT2D eigenvalue weighted by atomic mass is 32.2. The first-order valence-electron chi connectivity index (χ1n) is 8.11. The molecule has 27 heavy (non-hydrogen) atoms. The molecule has 0 unspecified atom stereocenters. The van der Waals surface area contributed by atoms with Crippen LogP contribution in [0.25, 0.3) is 0 Å². The fraction of sp³-hybridized carbons (Fsp3) is 0.250. The van der Waals surface area contributed by atoms with E-state index < -0.39 is 10.0 Å². The number of hydrogen-bond acceptors (Lipinski definition) is 8. The predicted molar refractivity (Wildman–Crippen MR) is 103 cm³/mol. The van der Waals surface area contributed by atoms with Crippen molar-refractivity contribution in [2.45, 2.75) is 18.7 Å². The third-order valence-corrected chi connectivity index (χ3v) is 6.31. The fourth-order valence-electron chi connectivity index (χ4n) is 2.84. The normalized spacial score (nSPS) is 17.0. The second kappa shape index (κ2) is 6.50. The number of fused-ring (bicyclic) bond motifs is 3. The molecular formula is C16H16N6O3S2. The number of nitrogens with one attached hydrogen (secondary N) is 2. The Morgan fingerprint density at radius 2 is 1.93 bits per heavy atom. The van der Waals surface area contributed by atoms with Crippen LogP contribution in [0, 0.1) is 13.8 Å². The van der Waals surface area contributed by atoms with Gasteiger partial charge in [0.25, 0.3) is 15.9 Å². The van der Waals surface area contributed by atoms with Gasteiger partial charge in [0.15, 0.2) is 5.17 Å². The molecule has 1 aromatic carbocycles. The molecule has 1 aromatic heterocycles. The number of aromatic nitrogens is 2. The Kier molecular flexibility index (Phi) is 4.27. The number of rotatable bonds is 3. The summed E-state index contributed by atoms with van der Waals surface area (Å²) in [5, 5.41) is 0.426. The van der Waals surface area contributed by atoms with Crippen molar-refractivity contribution >= 4 is 44.5 Å². The maximum Gasteiger partial charge on any atom is 0.269 e. The summed E-state index contributed by atoms with van der Waals surface area (Å²) < 4.78 is 27.2. The maximum absolute atomic E-state index is 12.4. The Bertz CT molecular complexity index is 1060. The molecule has 9 nitrogen and oxygen atoms in total. The summed E-state index contributed by atoms with van der Waals surface area (Å²) in [4.78, 5) is 23.5. The van der Waals surface area contributed by atoms with E-state index in [1.807, 2.05) is 24.8 Å². The van der Waals surface area contributed by atoms with Crippen LogP contribution in [0.1, 0.15) is 21.7 Å². The van der Waals surface area contributed by atoms with Crippen molar-refractivity contribution in [2.75, 3.05) is 22.6 Å². The largest absolute Gasteiger partial charge is 0.318 e. The molecule has 2 aliphatic heterocycles. The van der Waals surface area contributed by atoms with Crippen molar-refractivity contribution in [3.63, 3.8) is 0 Å². The van der Waals surface area contributed by atoms with Crippen LogP contribution in [0.5, 0.6) is 0 Å². The first-order valence-corrected chi connectivity index (χ1v) is 10.5. The van der Waals surface area contributed by atoms with Crippen LogP contribution in [-0.4, -0.2) is 41.8 Å². The van der Waals surface area contributed by atoms with Gasteiger partial charge in [0.1, 0.15) is 0 Å². The molecule has 2 aromatic rings. The summed E-state index contributed by atoms with van der Waals surface area (Å²) >= 11 is 1.24. The minimum Gasteiger partial charge on any atom is -0.318 e. The average Bonchev–Trinajstić information content (AvgIpc) is 2.93. The van der Waals surface area contributed by atoms with Crippen molar-refractivity contribution in [1.82, 2.24) is 15.4 Å². The standard InChI is InChI=1S/C16H16N6O3S2/c1-9-7-10(2)18-15(17-9)20-19-14(23)11-3-4-12-13(8-11)26-16-21-27(24,25)6-5-22(12)16/h3-4,7-8H,5-6H2,1-2H3,(H,19,23)(H,17,18,20). The Hall–Kier alpha value is -2.66. The number of nitrogens with zero attached hydrogens (tertiary/aromatic N) is 4. The molecule has 11 heteroatoms. The minimum absolute atomic E-state index is 0.0153. The van der Waals surface area contributed by atoms with Gasteiger partial charge >= 0.3 is 0 Å². The molecule has 4 rings (SSSR count). The second-order valence-corrected chi connectivity index (χ2v) is 8.91. The summed E-state index contributed by atoms with van der Waals surface area (Å²) in [6.45, 7) is 4.05. The van der Waals surface area contributed by atoms with Gasteiger partial charge in [0.2, 0.25) is 5.95 Å².